The van der Waals surface area contributed by atoms with Gasteiger partial charge in [-0.3, -0.25) is 4.79 Å². The van der Waals surface area contributed by atoms with E-state index in [-0.39, 0.29) is 10.9 Å². The van der Waals surface area contributed by atoms with Gasteiger partial charge in [0.15, 0.2) is 0 Å². The minimum atomic E-state index is -3.57. The van der Waals surface area contributed by atoms with Gasteiger partial charge in [-0.15, -0.1) is 11.3 Å². The van der Waals surface area contributed by atoms with E-state index in [1.807, 2.05) is 0 Å². The lowest BCUT2D eigenvalue weighted by Gasteiger charge is -2.12. The molecule has 1 aliphatic carbocycles. The highest BCUT2D eigenvalue weighted by Gasteiger charge is 2.33. The van der Waals surface area contributed by atoms with Crippen LogP contribution in [0.25, 0.3) is 0 Å². The van der Waals surface area contributed by atoms with Gasteiger partial charge in [0.05, 0.1) is 14.6 Å². The Hall–Kier alpha value is -0.440. The van der Waals surface area contributed by atoms with E-state index < -0.39 is 21.9 Å². The van der Waals surface area contributed by atoms with Crippen LogP contribution in [0.1, 0.15) is 24.1 Å². The maximum absolute atomic E-state index is 12.2. The number of hydrogen-bond donors (Lipinski definition) is 2. The van der Waals surface area contributed by atoms with Gasteiger partial charge in [-0.1, -0.05) is 0 Å². The van der Waals surface area contributed by atoms with Crippen LogP contribution in [0.2, 0.25) is 0 Å². The van der Waals surface area contributed by atoms with Crippen LogP contribution in [0.4, 0.5) is 0 Å². The molecule has 0 aromatic carbocycles. The zero-order valence-corrected chi connectivity index (χ0v) is 13.4. The first kappa shape index (κ1) is 15.0. The van der Waals surface area contributed by atoms with Crippen LogP contribution < -0.4 is 4.72 Å². The summed E-state index contributed by atoms with van der Waals surface area (Å²) in [7, 11) is -3.57. The monoisotopic (exact) mass is 367 g/mol. The van der Waals surface area contributed by atoms with E-state index in [2.05, 4.69) is 20.7 Å². The highest BCUT2D eigenvalue weighted by Crippen LogP contribution is 2.31. The number of aliphatic carboxylic acids is 1. The number of carboxylic acid groups (broad SMARTS) is 1. The second-order valence-corrected chi connectivity index (χ2v) is 8.96. The molecule has 1 heterocycles. The SMILES string of the molecule is Cc1sc(Br)cc1S(=O)(=O)N[C@H]1CC[C@@H](C(=O)O)C1. The first-order valence-electron chi connectivity index (χ1n) is 5.80. The Labute approximate surface area is 124 Å². The van der Waals surface area contributed by atoms with Gasteiger partial charge in [-0.05, 0) is 48.2 Å². The zero-order chi connectivity index (χ0) is 14.2. The van der Waals surface area contributed by atoms with Gasteiger partial charge in [0.1, 0.15) is 0 Å². The van der Waals surface area contributed by atoms with Gasteiger partial charge in [-0.25, -0.2) is 13.1 Å². The average molecular weight is 368 g/mol. The number of carboxylic acids is 1. The van der Waals surface area contributed by atoms with Crippen LogP contribution in [-0.4, -0.2) is 25.5 Å². The molecule has 1 saturated carbocycles. The Bertz CT molecular complexity index is 596. The summed E-state index contributed by atoms with van der Waals surface area (Å²) in [6.07, 6.45) is 1.45. The van der Waals surface area contributed by atoms with Crippen molar-refractivity contribution in [2.45, 2.75) is 37.1 Å². The first-order valence-corrected chi connectivity index (χ1v) is 8.90. The molecule has 0 spiro atoms. The molecule has 0 aliphatic heterocycles. The van der Waals surface area contributed by atoms with Gasteiger partial charge >= 0.3 is 5.97 Å². The lowest BCUT2D eigenvalue weighted by atomic mass is 10.1. The van der Waals surface area contributed by atoms with Crippen molar-refractivity contribution in [3.8, 4) is 0 Å². The highest BCUT2D eigenvalue weighted by atomic mass is 79.9. The number of hydrogen-bond acceptors (Lipinski definition) is 4. The molecular weight excluding hydrogens is 354 g/mol. The molecule has 0 saturated heterocycles. The molecule has 0 bridgehead atoms. The molecule has 106 valence electrons. The maximum atomic E-state index is 12.2. The standard InChI is InChI=1S/C11H14BrNO4S2/c1-6-9(5-10(12)18-6)19(16,17)13-8-3-2-7(4-8)11(14)15/h5,7-8,13H,2-4H2,1H3,(H,14,15)/t7-,8+/m1/s1. The second-order valence-electron chi connectivity index (χ2n) is 4.64. The third-order valence-corrected chi connectivity index (χ3v) is 6.56. The van der Waals surface area contributed by atoms with E-state index in [1.54, 1.807) is 13.0 Å². The predicted molar refractivity (Wildman–Crippen MR) is 75.8 cm³/mol. The van der Waals surface area contributed by atoms with Crippen LogP contribution in [0, 0.1) is 12.8 Å². The molecule has 1 fully saturated rings. The van der Waals surface area contributed by atoms with E-state index in [9.17, 15) is 13.2 Å². The predicted octanol–water partition coefficient (Wildman–Crippen LogP) is 2.35. The van der Waals surface area contributed by atoms with E-state index in [1.165, 1.54) is 11.3 Å². The minimum Gasteiger partial charge on any atom is -0.481 e. The molecule has 0 amide bonds. The fourth-order valence-corrected chi connectivity index (χ4v) is 5.99. The van der Waals surface area contributed by atoms with Crippen molar-refractivity contribution in [2.24, 2.45) is 5.92 Å². The Morgan fingerprint density at radius 2 is 2.21 bits per heavy atom. The Balaban J connectivity index is 2.11. The first-order chi connectivity index (χ1) is 8.79. The fraction of sp³-hybridized carbons (Fsp3) is 0.545. The van der Waals surface area contributed by atoms with Crippen molar-refractivity contribution in [1.29, 1.82) is 0 Å². The van der Waals surface area contributed by atoms with E-state index in [0.717, 1.165) is 3.79 Å². The maximum Gasteiger partial charge on any atom is 0.306 e. The van der Waals surface area contributed by atoms with Gasteiger partial charge in [-0.2, -0.15) is 0 Å². The molecule has 0 radical (unpaired) electrons. The quantitative estimate of drug-likeness (QED) is 0.855. The lowest BCUT2D eigenvalue weighted by Crippen LogP contribution is -2.33. The summed E-state index contributed by atoms with van der Waals surface area (Å²) in [5, 5.41) is 8.91. The molecule has 5 nitrogen and oxygen atoms in total. The summed E-state index contributed by atoms with van der Waals surface area (Å²) < 4.78 is 27.8. The molecule has 2 N–H and O–H groups in total. The topological polar surface area (TPSA) is 83.5 Å². The molecule has 1 aliphatic rings. The van der Waals surface area contributed by atoms with E-state index >= 15 is 0 Å². The van der Waals surface area contributed by atoms with Crippen molar-refractivity contribution in [3.05, 3.63) is 14.7 Å². The average Bonchev–Trinajstić information content (AvgIpc) is 2.85. The Morgan fingerprint density at radius 3 is 2.68 bits per heavy atom. The Kier molecular flexibility index (Phi) is 4.34. The zero-order valence-electron chi connectivity index (χ0n) is 10.2. The molecule has 1 aromatic rings. The van der Waals surface area contributed by atoms with Crippen LogP contribution >= 0.6 is 27.3 Å². The van der Waals surface area contributed by atoms with Crippen LogP contribution in [0.3, 0.4) is 0 Å². The van der Waals surface area contributed by atoms with Gasteiger partial charge in [0.2, 0.25) is 10.0 Å². The van der Waals surface area contributed by atoms with Crippen LogP contribution in [0.15, 0.2) is 14.7 Å². The van der Waals surface area contributed by atoms with Gasteiger partial charge in [0, 0.05) is 10.9 Å². The summed E-state index contributed by atoms with van der Waals surface area (Å²) in [4.78, 5) is 11.8. The third-order valence-electron chi connectivity index (χ3n) is 3.24. The molecule has 8 heteroatoms. The van der Waals surface area contributed by atoms with Crippen molar-refractivity contribution < 1.29 is 18.3 Å². The molecule has 0 unspecified atom stereocenters. The van der Waals surface area contributed by atoms with Crippen molar-refractivity contribution in [1.82, 2.24) is 4.72 Å². The van der Waals surface area contributed by atoms with Crippen molar-refractivity contribution in [3.63, 3.8) is 0 Å². The smallest absolute Gasteiger partial charge is 0.306 e. The second kappa shape index (κ2) is 5.51. The summed E-state index contributed by atoms with van der Waals surface area (Å²) in [5.74, 6) is -1.29. The van der Waals surface area contributed by atoms with Crippen molar-refractivity contribution in [2.75, 3.05) is 0 Å². The normalized spacial score (nSPS) is 23.7. The molecule has 19 heavy (non-hydrogen) atoms. The largest absolute Gasteiger partial charge is 0.481 e. The fourth-order valence-electron chi connectivity index (χ4n) is 2.29. The summed E-state index contributed by atoms with van der Waals surface area (Å²) in [6, 6.07) is 1.29. The highest BCUT2D eigenvalue weighted by molar-refractivity contribution is 9.11. The number of nitrogens with one attached hydrogen (secondary N) is 1. The number of thiophene rings is 1. The Morgan fingerprint density at radius 1 is 1.53 bits per heavy atom. The van der Waals surface area contributed by atoms with Gasteiger partial charge in [0.25, 0.3) is 0 Å². The number of aryl methyl sites for hydroxylation is 1. The molecule has 2 atom stereocenters. The van der Waals surface area contributed by atoms with Crippen molar-refractivity contribution >= 4 is 43.3 Å². The number of sulfonamides is 1. The minimum absolute atomic E-state index is 0.267. The van der Waals surface area contributed by atoms with Gasteiger partial charge < -0.3 is 5.11 Å². The third kappa shape index (κ3) is 3.36. The summed E-state index contributed by atoms with van der Waals surface area (Å²) >= 11 is 4.63. The number of carbonyl (C=O) groups is 1. The van der Waals surface area contributed by atoms with E-state index in [4.69, 9.17) is 5.11 Å². The summed E-state index contributed by atoms with van der Waals surface area (Å²) in [5.41, 5.74) is 0. The van der Waals surface area contributed by atoms with Crippen LogP contribution in [-0.2, 0) is 14.8 Å². The van der Waals surface area contributed by atoms with Crippen LogP contribution in [0.5, 0.6) is 0 Å². The molecular formula is C11H14BrNO4S2. The number of rotatable bonds is 4. The molecule has 2 rings (SSSR count). The number of halogens is 1. The lowest BCUT2D eigenvalue weighted by molar-refractivity contribution is -0.141. The summed E-state index contributed by atoms with van der Waals surface area (Å²) in [6.45, 7) is 1.75. The molecule has 1 aromatic heterocycles. The van der Waals surface area contributed by atoms with E-state index in [0.29, 0.717) is 24.1 Å².